The van der Waals surface area contributed by atoms with E-state index < -0.39 is 0 Å². The van der Waals surface area contributed by atoms with Crippen LogP contribution in [0, 0.1) is 3.57 Å². The summed E-state index contributed by atoms with van der Waals surface area (Å²) in [5.74, 6) is -0.587. The highest BCUT2D eigenvalue weighted by Gasteiger charge is 2.23. The van der Waals surface area contributed by atoms with Gasteiger partial charge in [-0.3, -0.25) is 4.79 Å². The van der Waals surface area contributed by atoms with Gasteiger partial charge in [-0.1, -0.05) is 42.5 Å². The number of halogens is 1. The minimum Gasteiger partial charge on any atom is -0.468 e. The largest absolute Gasteiger partial charge is 0.468 e. The molecule has 0 aromatic heterocycles. The lowest BCUT2D eigenvalue weighted by Gasteiger charge is -2.15. The van der Waals surface area contributed by atoms with Crippen molar-refractivity contribution in [2.24, 2.45) is 0 Å². The summed E-state index contributed by atoms with van der Waals surface area (Å²) >= 11 is 2.25. The average Bonchev–Trinajstić information content (AvgIpc) is 2.42. The molecule has 2 rings (SSSR count). The zero-order valence-corrected chi connectivity index (χ0v) is 12.1. The van der Waals surface area contributed by atoms with Crippen molar-refractivity contribution >= 4 is 28.6 Å². The molecule has 0 spiro atoms. The van der Waals surface area contributed by atoms with Crippen molar-refractivity contribution in [3.8, 4) is 0 Å². The predicted octanol–water partition coefficient (Wildman–Crippen LogP) is 3.60. The number of rotatable bonds is 3. The first-order valence-electron chi connectivity index (χ1n) is 5.60. The monoisotopic (exact) mass is 352 g/mol. The minimum absolute atomic E-state index is 0.234. The van der Waals surface area contributed by atoms with Crippen molar-refractivity contribution in [3.63, 3.8) is 0 Å². The van der Waals surface area contributed by atoms with Crippen molar-refractivity contribution < 1.29 is 9.53 Å². The summed E-state index contributed by atoms with van der Waals surface area (Å²) in [5, 5.41) is 0. The van der Waals surface area contributed by atoms with E-state index in [-0.39, 0.29) is 11.9 Å². The van der Waals surface area contributed by atoms with E-state index in [0.717, 1.165) is 14.7 Å². The molecule has 3 heteroatoms. The Labute approximate surface area is 120 Å². The Kier molecular flexibility index (Phi) is 4.36. The quantitative estimate of drug-likeness (QED) is 0.623. The van der Waals surface area contributed by atoms with Crippen molar-refractivity contribution in [2.45, 2.75) is 5.92 Å². The lowest BCUT2D eigenvalue weighted by Crippen LogP contribution is -2.15. The Balaban J connectivity index is 2.43. The third-order valence-corrected chi connectivity index (χ3v) is 3.49. The van der Waals surface area contributed by atoms with E-state index in [4.69, 9.17) is 4.74 Å². The van der Waals surface area contributed by atoms with Crippen LogP contribution in [0.25, 0.3) is 0 Å². The van der Waals surface area contributed by atoms with E-state index >= 15 is 0 Å². The molecular formula is C15H13IO2. The van der Waals surface area contributed by atoms with E-state index in [1.807, 2.05) is 54.6 Å². The smallest absolute Gasteiger partial charge is 0.317 e. The SMILES string of the molecule is COC(=O)[C@H](c1ccccc1)c1ccc(I)cc1. The highest BCUT2D eigenvalue weighted by atomic mass is 127. The van der Waals surface area contributed by atoms with E-state index in [1.54, 1.807) is 0 Å². The van der Waals surface area contributed by atoms with Crippen molar-refractivity contribution in [1.82, 2.24) is 0 Å². The topological polar surface area (TPSA) is 26.3 Å². The minimum atomic E-state index is -0.354. The molecule has 0 bridgehead atoms. The molecule has 0 saturated carbocycles. The van der Waals surface area contributed by atoms with Crippen LogP contribution in [0.2, 0.25) is 0 Å². The molecule has 92 valence electrons. The van der Waals surface area contributed by atoms with Gasteiger partial charge >= 0.3 is 5.97 Å². The molecule has 0 amide bonds. The van der Waals surface area contributed by atoms with Gasteiger partial charge in [-0.05, 0) is 45.9 Å². The van der Waals surface area contributed by atoms with Crippen LogP contribution in [0.1, 0.15) is 17.0 Å². The summed E-state index contributed by atoms with van der Waals surface area (Å²) < 4.78 is 6.06. The summed E-state index contributed by atoms with van der Waals surface area (Å²) in [6, 6.07) is 17.6. The summed E-state index contributed by atoms with van der Waals surface area (Å²) in [5.41, 5.74) is 1.90. The maximum absolute atomic E-state index is 12.0. The van der Waals surface area contributed by atoms with Gasteiger partial charge in [0.05, 0.1) is 7.11 Å². The fraction of sp³-hybridized carbons (Fsp3) is 0.133. The predicted molar refractivity (Wildman–Crippen MR) is 79.5 cm³/mol. The van der Waals surface area contributed by atoms with Crippen LogP contribution in [0.3, 0.4) is 0 Å². The molecule has 18 heavy (non-hydrogen) atoms. The molecule has 0 aliphatic rings. The third kappa shape index (κ3) is 2.90. The summed E-state index contributed by atoms with van der Waals surface area (Å²) in [7, 11) is 1.42. The number of methoxy groups -OCH3 is 1. The lowest BCUT2D eigenvalue weighted by molar-refractivity contribution is -0.141. The molecule has 0 N–H and O–H groups in total. The van der Waals surface area contributed by atoms with Gasteiger partial charge in [-0.15, -0.1) is 0 Å². The van der Waals surface area contributed by atoms with Gasteiger partial charge in [0.2, 0.25) is 0 Å². The number of carbonyl (C=O) groups excluding carboxylic acids is 1. The van der Waals surface area contributed by atoms with Crippen molar-refractivity contribution in [1.29, 1.82) is 0 Å². The van der Waals surface area contributed by atoms with Crippen LogP contribution in [-0.2, 0) is 9.53 Å². The van der Waals surface area contributed by atoms with Crippen LogP contribution in [-0.4, -0.2) is 13.1 Å². The molecule has 0 radical (unpaired) electrons. The van der Waals surface area contributed by atoms with Gasteiger partial charge in [-0.25, -0.2) is 0 Å². The number of carbonyl (C=O) groups is 1. The fourth-order valence-corrected chi connectivity index (χ4v) is 2.24. The molecule has 1 atom stereocenters. The number of esters is 1. The molecule has 2 aromatic carbocycles. The Morgan fingerprint density at radius 1 is 1.00 bits per heavy atom. The zero-order chi connectivity index (χ0) is 13.0. The van der Waals surface area contributed by atoms with Gasteiger partial charge in [0.15, 0.2) is 0 Å². The van der Waals surface area contributed by atoms with Crippen LogP contribution < -0.4 is 0 Å². The Hall–Kier alpha value is -1.36. The molecule has 0 fully saturated rings. The molecule has 0 aliphatic heterocycles. The number of ether oxygens (including phenoxy) is 1. The van der Waals surface area contributed by atoms with Gasteiger partial charge in [0.25, 0.3) is 0 Å². The first-order valence-corrected chi connectivity index (χ1v) is 6.68. The zero-order valence-electron chi connectivity index (χ0n) is 9.97. The van der Waals surface area contributed by atoms with Gasteiger partial charge in [-0.2, -0.15) is 0 Å². The van der Waals surface area contributed by atoms with Crippen LogP contribution in [0.5, 0.6) is 0 Å². The van der Waals surface area contributed by atoms with E-state index in [1.165, 1.54) is 7.11 Å². The van der Waals surface area contributed by atoms with Gasteiger partial charge in [0.1, 0.15) is 5.92 Å². The average molecular weight is 352 g/mol. The molecule has 2 nitrogen and oxygen atoms in total. The standard InChI is InChI=1S/C15H13IO2/c1-18-15(17)14(11-5-3-2-4-6-11)12-7-9-13(16)10-8-12/h2-10,14H,1H3/t14-/m1/s1. The molecular weight excluding hydrogens is 339 g/mol. The van der Waals surface area contributed by atoms with Gasteiger partial charge in [0, 0.05) is 3.57 Å². The second-order valence-electron chi connectivity index (χ2n) is 3.92. The molecule has 2 aromatic rings. The number of hydrogen-bond acceptors (Lipinski definition) is 2. The molecule has 0 heterocycles. The van der Waals surface area contributed by atoms with Crippen LogP contribution in [0.4, 0.5) is 0 Å². The summed E-state index contributed by atoms with van der Waals surface area (Å²) in [4.78, 5) is 12.0. The second kappa shape index (κ2) is 6.00. The van der Waals surface area contributed by atoms with E-state index in [2.05, 4.69) is 22.6 Å². The first-order chi connectivity index (χ1) is 8.72. The Bertz CT molecular complexity index is 520. The van der Waals surface area contributed by atoms with Crippen molar-refractivity contribution in [2.75, 3.05) is 7.11 Å². The van der Waals surface area contributed by atoms with Crippen molar-refractivity contribution in [3.05, 3.63) is 69.3 Å². The highest BCUT2D eigenvalue weighted by Crippen LogP contribution is 2.26. The van der Waals surface area contributed by atoms with Crippen LogP contribution in [0.15, 0.2) is 54.6 Å². The maximum Gasteiger partial charge on any atom is 0.317 e. The fourth-order valence-electron chi connectivity index (χ4n) is 1.88. The van der Waals surface area contributed by atoms with E-state index in [9.17, 15) is 4.79 Å². The number of hydrogen-bond donors (Lipinski definition) is 0. The Morgan fingerprint density at radius 2 is 1.56 bits per heavy atom. The number of benzene rings is 2. The molecule has 0 saturated heterocycles. The normalized spacial score (nSPS) is 11.9. The van der Waals surface area contributed by atoms with Gasteiger partial charge < -0.3 is 4.74 Å². The lowest BCUT2D eigenvalue weighted by atomic mass is 9.91. The first kappa shape index (κ1) is 13.1. The third-order valence-electron chi connectivity index (χ3n) is 2.77. The van der Waals surface area contributed by atoms with E-state index in [0.29, 0.717) is 0 Å². The second-order valence-corrected chi connectivity index (χ2v) is 5.16. The summed E-state index contributed by atoms with van der Waals surface area (Å²) in [6.45, 7) is 0. The highest BCUT2D eigenvalue weighted by molar-refractivity contribution is 14.1. The Morgan fingerprint density at radius 3 is 2.11 bits per heavy atom. The van der Waals surface area contributed by atoms with Crippen LogP contribution >= 0.6 is 22.6 Å². The molecule has 0 aliphatic carbocycles. The maximum atomic E-state index is 12.0. The molecule has 0 unspecified atom stereocenters. The summed E-state index contributed by atoms with van der Waals surface area (Å²) in [6.07, 6.45) is 0.